The summed E-state index contributed by atoms with van der Waals surface area (Å²) in [6.07, 6.45) is 3.08. The lowest BCUT2D eigenvalue weighted by atomic mass is 9.85. The number of carbonyl (C=O) groups is 3. The number of carboxylic acid groups (broad SMARTS) is 1. The third kappa shape index (κ3) is 7.34. The predicted octanol–water partition coefficient (Wildman–Crippen LogP) is 3.19. The molecular formula is C24H27Cl2N5O4. The van der Waals surface area contributed by atoms with Crippen molar-refractivity contribution in [2.75, 3.05) is 5.32 Å². The molecule has 0 bridgehead atoms. The van der Waals surface area contributed by atoms with Crippen molar-refractivity contribution >= 4 is 52.6 Å². The maximum atomic E-state index is 12.7. The van der Waals surface area contributed by atoms with Gasteiger partial charge < -0.3 is 27.2 Å². The van der Waals surface area contributed by atoms with Crippen LogP contribution in [0.25, 0.3) is 0 Å². The fourth-order valence-electron chi connectivity index (χ4n) is 4.08. The molecule has 0 unspecified atom stereocenters. The monoisotopic (exact) mass is 519 g/mol. The van der Waals surface area contributed by atoms with E-state index in [2.05, 4.69) is 15.6 Å². The molecule has 1 aliphatic carbocycles. The Morgan fingerprint density at radius 3 is 2.31 bits per heavy atom. The Labute approximate surface area is 212 Å². The van der Waals surface area contributed by atoms with E-state index in [4.69, 9.17) is 34.7 Å². The average molecular weight is 520 g/mol. The van der Waals surface area contributed by atoms with Crippen molar-refractivity contribution in [3.8, 4) is 0 Å². The number of rotatable bonds is 8. The van der Waals surface area contributed by atoms with Crippen molar-refractivity contribution in [1.82, 2.24) is 5.32 Å². The standard InChI is InChI=1S/C24H27Cl2N5O4/c25-17-5-2-6-18(26)20(17)22(33)31-19(23(34)35)11-13-7-9-15(10-8-13)29-21(32)14-3-1-4-16(12-14)30-24(27)28/h2,5-10,14,16,19H,1,3-4,11-12H2,(H,29,32)(H,31,33)(H,34,35)(H4,27,28,30)/t14-,16-,19-/m0/s1. The first-order chi connectivity index (χ1) is 16.6. The number of nitrogens with one attached hydrogen (secondary N) is 2. The summed E-state index contributed by atoms with van der Waals surface area (Å²) in [6, 6.07) is 10.1. The number of aliphatic imine (C=N–C) groups is 1. The normalized spacial score (nSPS) is 18.2. The number of hydrogen-bond acceptors (Lipinski definition) is 4. The van der Waals surface area contributed by atoms with Gasteiger partial charge in [0, 0.05) is 18.0 Å². The van der Waals surface area contributed by atoms with Gasteiger partial charge in [-0.25, -0.2) is 4.79 Å². The van der Waals surface area contributed by atoms with E-state index in [9.17, 15) is 19.5 Å². The number of hydrogen-bond donors (Lipinski definition) is 5. The van der Waals surface area contributed by atoms with Crippen molar-refractivity contribution in [3.05, 3.63) is 63.6 Å². The molecule has 2 aromatic carbocycles. The third-order valence-electron chi connectivity index (χ3n) is 5.80. The van der Waals surface area contributed by atoms with Crippen molar-refractivity contribution < 1.29 is 19.5 Å². The highest BCUT2D eigenvalue weighted by Gasteiger charge is 2.27. The topological polar surface area (TPSA) is 160 Å². The van der Waals surface area contributed by atoms with Gasteiger partial charge in [0.2, 0.25) is 5.91 Å². The summed E-state index contributed by atoms with van der Waals surface area (Å²) in [5.74, 6) is -2.16. The van der Waals surface area contributed by atoms with E-state index in [1.807, 2.05) is 0 Å². The quantitative estimate of drug-likeness (QED) is 0.266. The SMILES string of the molecule is NC(N)=N[C@H]1CCC[C@H](C(=O)Nc2ccc(C[C@H](NC(=O)c3c(Cl)cccc3Cl)C(=O)O)cc2)C1. The average Bonchev–Trinajstić information content (AvgIpc) is 2.79. The third-order valence-corrected chi connectivity index (χ3v) is 6.43. The Kier molecular flexibility index (Phi) is 8.95. The van der Waals surface area contributed by atoms with Gasteiger partial charge in [-0.15, -0.1) is 0 Å². The Morgan fingerprint density at radius 1 is 1.06 bits per heavy atom. The van der Waals surface area contributed by atoms with Crippen molar-refractivity contribution in [2.45, 2.75) is 44.2 Å². The molecule has 9 nitrogen and oxygen atoms in total. The summed E-state index contributed by atoms with van der Waals surface area (Å²) >= 11 is 12.1. The molecule has 1 fully saturated rings. The van der Waals surface area contributed by atoms with Gasteiger partial charge in [0.25, 0.3) is 5.91 Å². The summed E-state index contributed by atoms with van der Waals surface area (Å²) in [7, 11) is 0. The van der Waals surface area contributed by atoms with Crippen LogP contribution in [0, 0.1) is 5.92 Å². The fourth-order valence-corrected chi connectivity index (χ4v) is 4.65. The van der Waals surface area contributed by atoms with Crippen LogP contribution in [-0.4, -0.2) is 40.9 Å². The molecule has 0 radical (unpaired) electrons. The minimum Gasteiger partial charge on any atom is -0.480 e. The molecule has 0 saturated heterocycles. The van der Waals surface area contributed by atoms with Gasteiger partial charge in [-0.05, 0) is 49.1 Å². The first-order valence-electron chi connectivity index (χ1n) is 11.1. The smallest absolute Gasteiger partial charge is 0.326 e. The highest BCUT2D eigenvalue weighted by atomic mass is 35.5. The Hall–Kier alpha value is -3.30. The second kappa shape index (κ2) is 11.9. The number of benzene rings is 2. The zero-order valence-corrected chi connectivity index (χ0v) is 20.4. The Bertz CT molecular complexity index is 1100. The summed E-state index contributed by atoms with van der Waals surface area (Å²) in [6.45, 7) is 0. The second-order valence-corrected chi connectivity index (χ2v) is 9.24. The molecule has 0 spiro atoms. The molecule has 3 rings (SSSR count). The maximum Gasteiger partial charge on any atom is 0.326 e. The number of carbonyl (C=O) groups excluding carboxylic acids is 2. The highest BCUT2D eigenvalue weighted by molar-refractivity contribution is 6.39. The molecular weight excluding hydrogens is 493 g/mol. The van der Waals surface area contributed by atoms with Crippen LogP contribution in [0.5, 0.6) is 0 Å². The molecule has 7 N–H and O–H groups in total. The molecule has 1 aliphatic rings. The number of nitrogens with two attached hydrogens (primary N) is 2. The van der Waals surface area contributed by atoms with Gasteiger partial charge in [0.1, 0.15) is 6.04 Å². The lowest BCUT2D eigenvalue weighted by Gasteiger charge is -2.26. The molecule has 186 valence electrons. The number of anilines is 1. The molecule has 2 aromatic rings. The largest absolute Gasteiger partial charge is 0.480 e. The fraction of sp³-hybridized carbons (Fsp3) is 0.333. The first-order valence-corrected chi connectivity index (χ1v) is 11.9. The van der Waals surface area contributed by atoms with Gasteiger partial charge in [0.05, 0.1) is 21.7 Å². The van der Waals surface area contributed by atoms with E-state index in [0.29, 0.717) is 17.7 Å². The maximum absolute atomic E-state index is 12.7. The summed E-state index contributed by atoms with van der Waals surface area (Å²) in [4.78, 5) is 41.2. The minimum absolute atomic E-state index is 0.0185. The molecule has 0 aliphatic heterocycles. The molecule has 35 heavy (non-hydrogen) atoms. The predicted molar refractivity (Wildman–Crippen MR) is 136 cm³/mol. The van der Waals surface area contributed by atoms with Crippen LogP contribution in [0.4, 0.5) is 5.69 Å². The van der Waals surface area contributed by atoms with E-state index in [0.717, 1.165) is 19.3 Å². The first kappa shape index (κ1) is 26.3. The Morgan fingerprint density at radius 2 is 1.71 bits per heavy atom. The van der Waals surface area contributed by atoms with Gasteiger partial charge in [-0.1, -0.05) is 47.8 Å². The van der Waals surface area contributed by atoms with Gasteiger partial charge in [-0.2, -0.15) is 0 Å². The zero-order chi connectivity index (χ0) is 25.5. The van der Waals surface area contributed by atoms with Crippen LogP contribution in [0.2, 0.25) is 10.0 Å². The van der Waals surface area contributed by atoms with E-state index < -0.39 is 17.9 Å². The molecule has 0 aromatic heterocycles. The molecule has 2 amide bonds. The lowest BCUT2D eigenvalue weighted by molar-refractivity contribution is -0.139. The van der Waals surface area contributed by atoms with Crippen molar-refractivity contribution in [2.24, 2.45) is 22.4 Å². The minimum atomic E-state index is -1.20. The van der Waals surface area contributed by atoms with Crippen molar-refractivity contribution in [3.63, 3.8) is 0 Å². The van der Waals surface area contributed by atoms with Crippen LogP contribution < -0.4 is 22.1 Å². The molecule has 3 atom stereocenters. The van der Waals surface area contributed by atoms with E-state index in [1.165, 1.54) is 12.1 Å². The summed E-state index contributed by atoms with van der Waals surface area (Å²) in [5, 5.41) is 15.2. The number of amides is 2. The lowest BCUT2D eigenvalue weighted by Crippen LogP contribution is -2.42. The van der Waals surface area contributed by atoms with Gasteiger partial charge in [0.15, 0.2) is 5.96 Å². The van der Waals surface area contributed by atoms with E-state index in [1.54, 1.807) is 30.3 Å². The second-order valence-electron chi connectivity index (χ2n) is 8.42. The molecule has 0 heterocycles. The van der Waals surface area contributed by atoms with Crippen LogP contribution in [-0.2, 0) is 16.0 Å². The van der Waals surface area contributed by atoms with Crippen LogP contribution in [0.1, 0.15) is 41.6 Å². The van der Waals surface area contributed by atoms with Gasteiger partial charge in [-0.3, -0.25) is 14.6 Å². The van der Waals surface area contributed by atoms with Gasteiger partial charge >= 0.3 is 5.97 Å². The van der Waals surface area contributed by atoms with E-state index in [-0.39, 0.29) is 45.9 Å². The molecule has 1 saturated carbocycles. The number of guanidine groups is 1. The van der Waals surface area contributed by atoms with Crippen LogP contribution in [0.15, 0.2) is 47.5 Å². The highest BCUT2D eigenvalue weighted by Crippen LogP contribution is 2.28. The van der Waals surface area contributed by atoms with Crippen LogP contribution >= 0.6 is 23.2 Å². The number of carboxylic acids is 1. The zero-order valence-electron chi connectivity index (χ0n) is 18.8. The van der Waals surface area contributed by atoms with Crippen molar-refractivity contribution in [1.29, 1.82) is 0 Å². The summed E-state index contributed by atoms with van der Waals surface area (Å²) in [5.41, 5.74) is 12.2. The number of aliphatic carboxylic acids is 1. The van der Waals surface area contributed by atoms with E-state index >= 15 is 0 Å². The summed E-state index contributed by atoms with van der Waals surface area (Å²) < 4.78 is 0. The molecule has 11 heteroatoms. The number of nitrogens with zero attached hydrogens (tertiary/aromatic N) is 1. The van der Waals surface area contributed by atoms with Crippen LogP contribution in [0.3, 0.4) is 0 Å². The number of halogens is 2. The Balaban J connectivity index is 1.61.